The lowest BCUT2D eigenvalue weighted by atomic mass is 10.0. The van der Waals surface area contributed by atoms with Gasteiger partial charge in [-0.2, -0.15) is 13.2 Å². The van der Waals surface area contributed by atoms with Crippen LogP contribution in [0.3, 0.4) is 0 Å². The van der Waals surface area contributed by atoms with E-state index in [4.69, 9.17) is 10.2 Å². The van der Waals surface area contributed by atoms with Gasteiger partial charge in [-0.15, -0.1) is 0 Å². The molecule has 0 saturated carbocycles. The van der Waals surface area contributed by atoms with Gasteiger partial charge in [0.05, 0.1) is 11.1 Å². The van der Waals surface area contributed by atoms with Gasteiger partial charge in [0.25, 0.3) is 0 Å². The number of aromatic hydroxyl groups is 1. The highest BCUT2D eigenvalue weighted by molar-refractivity contribution is 5.86. The third kappa shape index (κ3) is 2.75. The molecule has 0 fully saturated rings. The fraction of sp³-hybridized carbons (Fsp3) is 0.0588. The molecule has 23 heavy (non-hydrogen) atoms. The monoisotopic (exact) mass is 319 g/mol. The first-order valence-corrected chi connectivity index (χ1v) is 6.72. The van der Waals surface area contributed by atoms with Crippen molar-refractivity contribution in [2.45, 2.75) is 6.18 Å². The van der Waals surface area contributed by atoms with Crippen molar-refractivity contribution in [1.82, 2.24) is 0 Å². The molecular weight excluding hydrogens is 307 g/mol. The minimum absolute atomic E-state index is 0.0509. The minimum Gasteiger partial charge on any atom is -0.504 e. The van der Waals surface area contributed by atoms with Crippen LogP contribution in [0.1, 0.15) is 5.56 Å². The van der Waals surface area contributed by atoms with Crippen LogP contribution in [0.5, 0.6) is 5.75 Å². The zero-order valence-corrected chi connectivity index (χ0v) is 11.8. The smallest absolute Gasteiger partial charge is 0.416 e. The van der Waals surface area contributed by atoms with Crippen LogP contribution in [-0.2, 0) is 6.18 Å². The van der Waals surface area contributed by atoms with Crippen molar-refractivity contribution in [3.63, 3.8) is 0 Å². The van der Waals surface area contributed by atoms with E-state index in [1.807, 2.05) is 0 Å². The van der Waals surface area contributed by atoms with E-state index >= 15 is 0 Å². The molecule has 3 N–H and O–H groups in total. The van der Waals surface area contributed by atoms with Gasteiger partial charge >= 0.3 is 6.18 Å². The third-order valence-corrected chi connectivity index (χ3v) is 3.42. The number of nitrogens with two attached hydrogens (primary N) is 1. The molecule has 0 aliphatic rings. The van der Waals surface area contributed by atoms with Crippen molar-refractivity contribution in [2.24, 2.45) is 0 Å². The van der Waals surface area contributed by atoms with Crippen LogP contribution >= 0.6 is 0 Å². The minimum atomic E-state index is -4.48. The van der Waals surface area contributed by atoms with Crippen LogP contribution in [0.25, 0.3) is 22.5 Å². The average molecular weight is 319 g/mol. The lowest BCUT2D eigenvalue weighted by Gasteiger charge is -2.08. The first-order chi connectivity index (χ1) is 10.9. The van der Waals surface area contributed by atoms with Gasteiger partial charge in [-0.1, -0.05) is 42.5 Å². The largest absolute Gasteiger partial charge is 0.504 e. The summed E-state index contributed by atoms with van der Waals surface area (Å²) in [5, 5.41) is 10.4. The lowest BCUT2D eigenvalue weighted by molar-refractivity contribution is -0.137. The Hall–Kier alpha value is -2.89. The molecule has 0 spiro atoms. The van der Waals surface area contributed by atoms with E-state index in [9.17, 15) is 18.3 Å². The van der Waals surface area contributed by atoms with Crippen LogP contribution in [0.2, 0.25) is 0 Å². The van der Waals surface area contributed by atoms with Gasteiger partial charge in [0.1, 0.15) is 0 Å². The molecule has 1 heterocycles. The van der Waals surface area contributed by atoms with Crippen LogP contribution < -0.4 is 5.73 Å². The fourth-order valence-corrected chi connectivity index (χ4v) is 2.35. The zero-order valence-electron chi connectivity index (χ0n) is 11.8. The van der Waals surface area contributed by atoms with Crippen LogP contribution in [0.4, 0.5) is 19.1 Å². The fourth-order valence-electron chi connectivity index (χ4n) is 2.35. The number of benzene rings is 2. The van der Waals surface area contributed by atoms with E-state index in [2.05, 4.69) is 0 Å². The predicted molar refractivity (Wildman–Crippen MR) is 80.7 cm³/mol. The maximum absolute atomic E-state index is 12.8. The topological polar surface area (TPSA) is 59.4 Å². The SMILES string of the molecule is Nc1oc(-c2ccccc2)c(O)c1-c1cccc(C(F)(F)F)c1. The van der Waals surface area contributed by atoms with Gasteiger partial charge in [-0.3, -0.25) is 0 Å². The van der Waals surface area contributed by atoms with Gasteiger partial charge in [-0.05, 0) is 17.7 Å². The molecule has 0 bridgehead atoms. The normalized spacial score (nSPS) is 11.6. The van der Waals surface area contributed by atoms with E-state index in [-0.39, 0.29) is 28.5 Å². The molecule has 0 radical (unpaired) electrons. The number of hydrogen-bond donors (Lipinski definition) is 2. The van der Waals surface area contributed by atoms with Crippen molar-refractivity contribution in [3.8, 4) is 28.2 Å². The van der Waals surface area contributed by atoms with Gasteiger partial charge in [-0.25, -0.2) is 0 Å². The Morgan fingerprint density at radius 2 is 1.57 bits per heavy atom. The molecule has 2 aromatic carbocycles. The maximum atomic E-state index is 12.8. The van der Waals surface area contributed by atoms with E-state index in [0.717, 1.165) is 12.1 Å². The molecule has 0 aliphatic carbocycles. The molecule has 6 heteroatoms. The second-order valence-electron chi connectivity index (χ2n) is 4.96. The number of alkyl halides is 3. The summed E-state index contributed by atoms with van der Waals surface area (Å²) in [6.07, 6.45) is -4.48. The number of anilines is 1. The average Bonchev–Trinajstić information content (AvgIpc) is 2.82. The Balaban J connectivity index is 2.14. The van der Waals surface area contributed by atoms with Crippen LogP contribution in [-0.4, -0.2) is 5.11 Å². The molecular formula is C17H12F3NO2. The first kappa shape index (κ1) is 15.0. The van der Waals surface area contributed by atoms with Gasteiger partial charge in [0, 0.05) is 5.56 Å². The molecule has 0 saturated heterocycles. The molecule has 0 amide bonds. The predicted octanol–water partition coefficient (Wildman–Crippen LogP) is 4.92. The number of furan rings is 1. The number of nitrogen functional groups attached to an aromatic ring is 1. The standard InChI is InChI=1S/C17H12F3NO2/c18-17(19,20)12-8-4-7-11(9-12)13-14(22)15(23-16(13)21)10-5-2-1-3-6-10/h1-9,22H,21H2. The lowest BCUT2D eigenvalue weighted by Crippen LogP contribution is -2.04. The molecule has 3 nitrogen and oxygen atoms in total. The first-order valence-electron chi connectivity index (χ1n) is 6.72. The summed E-state index contributed by atoms with van der Waals surface area (Å²) in [5.74, 6) is -0.302. The van der Waals surface area contributed by atoms with Gasteiger partial charge in [0.15, 0.2) is 11.5 Å². The highest BCUT2D eigenvalue weighted by Gasteiger charge is 2.31. The summed E-state index contributed by atoms with van der Waals surface area (Å²) in [6, 6.07) is 13.3. The van der Waals surface area contributed by atoms with Crippen molar-refractivity contribution in [1.29, 1.82) is 0 Å². The number of rotatable bonds is 2. The Labute approximate surface area is 129 Å². The zero-order chi connectivity index (χ0) is 16.6. The van der Waals surface area contributed by atoms with Crippen LogP contribution in [0.15, 0.2) is 59.0 Å². The molecule has 3 rings (SSSR count). The van der Waals surface area contributed by atoms with Crippen molar-refractivity contribution in [3.05, 3.63) is 60.2 Å². The summed E-state index contributed by atoms with van der Waals surface area (Å²) in [7, 11) is 0. The van der Waals surface area contributed by atoms with E-state index in [0.29, 0.717) is 5.56 Å². The molecule has 0 aliphatic heterocycles. The summed E-state index contributed by atoms with van der Waals surface area (Å²) in [4.78, 5) is 0. The van der Waals surface area contributed by atoms with Crippen molar-refractivity contribution in [2.75, 3.05) is 5.73 Å². The molecule has 3 aromatic rings. The number of halogens is 3. The van der Waals surface area contributed by atoms with Gasteiger partial charge < -0.3 is 15.3 Å². The van der Waals surface area contributed by atoms with Gasteiger partial charge in [0.2, 0.25) is 5.88 Å². The van der Waals surface area contributed by atoms with E-state index < -0.39 is 11.7 Å². The Morgan fingerprint density at radius 3 is 2.22 bits per heavy atom. The second kappa shape index (κ2) is 5.39. The highest BCUT2D eigenvalue weighted by atomic mass is 19.4. The molecule has 0 unspecified atom stereocenters. The Bertz CT molecular complexity index is 839. The quantitative estimate of drug-likeness (QED) is 0.705. The molecule has 118 valence electrons. The summed E-state index contributed by atoms with van der Waals surface area (Å²) >= 11 is 0. The van der Waals surface area contributed by atoms with E-state index in [1.54, 1.807) is 30.3 Å². The molecule has 1 aromatic heterocycles. The Morgan fingerprint density at radius 1 is 0.913 bits per heavy atom. The Kier molecular flexibility index (Phi) is 3.52. The number of hydrogen-bond acceptors (Lipinski definition) is 3. The summed E-state index contributed by atoms with van der Waals surface area (Å²) in [6.45, 7) is 0. The second-order valence-corrected chi connectivity index (χ2v) is 4.96. The van der Waals surface area contributed by atoms with Crippen molar-refractivity contribution >= 4 is 5.88 Å². The van der Waals surface area contributed by atoms with E-state index in [1.165, 1.54) is 12.1 Å². The maximum Gasteiger partial charge on any atom is 0.416 e. The molecule has 0 atom stereocenters. The van der Waals surface area contributed by atoms with Crippen molar-refractivity contribution < 1.29 is 22.7 Å². The summed E-state index contributed by atoms with van der Waals surface area (Å²) in [5.41, 5.74) is 5.71. The third-order valence-electron chi connectivity index (χ3n) is 3.42. The highest BCUT2D eigenvalue weighted by Crippen LogP contribution is 2.45. The summed E-state index contributed by atoms with van der Waals surface area (Å²) < 4.78 is 43.9. The van der Waals surface area contributed by atoms with Crippen LogP contribution in [0, 0.1) is 0 Å².